The first-order valence-corrected chi connectivity index (χ1v) is 13.2. The van der Waals surface area contributed by atoms with Crippen molar-refractivity contribution in [3.05, 3.63) is 65.7 Å². The van der Waals surface area contributed by atoms with E-state index in [2.05, 4.69) is 17.0 Å². The molecule has 1 amide bonds. The lowest BCUT2D eigenvalue weighted by Crippen LogP contribution is -2.68. The van der Waals surface area contributed by atoms with Crippen LogP contribution in [0.2, 0.25) is 0 Å². The van der Waals surface area contributed by atoms with Gasteiger partial charge >= 0.3 is 5.97 Å². The molecule has 192 valence electrons. The fourth-order valence-electron chi connectivity index (χ4n) is 6.68. The van der Waals surface area contributed by atoms with Gasteiger partial charge in [-0.1, -0.05) is 30.3 Å². The topological polar surface area (TPSA) is 59.1 Å². The van der Waals surface area contributed by atoms with Crippen LogP contribution in [-0.4, -0.2) is 67.1 Å². The number of methoxy groups -OCH3 is 1. The Bertz CT molecular complexity index is 1100. The number of rotatable bonds is 7. The Morgan fingerprint density at radius 1 is 1.06 bits per heavy atom. The molecule has 2 aliphatic carbocycles. The van der Waals surface area contributed by atoms with E-state index in [-0.39, 0.29) is 17.9 Å². The van der Waals surface area contributed by atoms with Crippen molar-refractivity contribution >= 4 is 11.9 Å². The number of benzene rings is 2. The predicted octanol–water partition coefficient (Wildman–Crippen LogP) is 4.68. The van der Waals surface area contributed by atoms with Gasteiger partial charge in [0.1, 0.15) is 11.4 Å². The van der Waals surface area contributed by atoms with Crippen molar-refractivity contribution in [2.24, 2.45) is 5.92 Å². The van der Waals surface area contributed by atoms with E-state index in [1.165, 1.54) is 19.8 Å². The van der Waals surface area contributed by atoms with E-state index in [0.29, 0.717) is 5.56 Å². The van der Waals surface area contributed by atoms with Gasteiger partial charge in [0.15, 0.2) is 0 Å². The number of piperidine rings is 1. The number of ether oxygens (including phenoxy) is 2. The van der Waals surface area contributed by atoms with E-state index in [1.54, 1.807) is 7.11 Å². The minimum absolute atomic E-state index is 0.0348. The highest BCUT2D eigenvalue weighted by Gasteiger charge is 2.61. The summed E-state index contributed by atoms with van der Waals surface area (Å²) in [6.45, 7) is 4.30. The molecule has 0 unspecified atom stereocenters. The molecule has 0 radical (unpaired) electrons. The Balaban J connectivity index is 1.53. The van der Waals surface area contributed by atoms with Crippen molar-refractivity contribution in [2.75, 3.05) is 33.8 Å². The summed E-state index contributed by atoms with van der Waals surface area (Å²) in [4.78, 5) is 30.4. The quantitative estimate of drug-likeness (QED) is 0.528. The normalized spacial score (nSPS) is 28.1. The van der Waals surface area contributed by atoms with Gasteiger partial charge in [0.25, 0.3) is 5.91 Å². The van der Waals surface area contributed by atoms with Crippen LogP contribution >= 0.6 is 0 Å². The summed E-state index contributed by atoms with van der Waals surface area (Å²) >= 11 is 0. The second-order valence-electron chi connectivity index (χ2n) is 11.0. The summed E-state index contributed by atoms with van der Waals surface area (Å²) in [7, 11) is 3.60. The number of fused-ring (bicyclic) bond motifs is 1. The van der Waals surface area contributed by atoms with Gasteiger partial charge in [0.05, 0.1) is 7.11 Å². The molecule has 2 saturated carbocycles. The third-order valence-electron chi connectivity index (χ3n) is 8.74. The van der Waals surface area contributed by atoms with Crippen LogP contribution < -0.4 is 4.74 Å². The minimum atomic E-state index is -0.633. The minimum Gasteiger partial charge on any atom is -0.497 e. The van der Waals surface area contributed by atoms with Crippen LogP contribution in [0.5, 0.6) is 5.75 Å². The molecule has 0 bridgehead atoms. The lowest BCUT2D eigenvalue weighted by molar-refractivity contribution is -0.188. The van der Waals surface area contributed by atoms with Crippen LogP contribution in [0.4, 0.5) is 0 Å². The summed E-state index contributed by atoms with van der Waals surface area (Å²) in [5.74, 6) is 1.37. The maximum Gasteiger partial charge on any atom is 0.303 e. The number of carbonyl (C=O) groups excluding carboxylic acids is 2. The Morgan fingerprint density at radius 3 is 2.53 bits per heavy atom. The van der Waals surface area contributed by atoms with Crippen molar-refractivity contribution in [2.45, 2.75) is 62.5 Å². The zero-order chi connectivity index (χ0) is 25.3. The third kappa shape index (κ3) is 4.63. The molecule has 1 heterocycles. The fourth-order valence-corrected chi connectivity index (χ4v) is 6.68. The molecule has 3 aliphatic rings. The molecule has 0 spiro atoms. The van der Waals surface area contributed by atoms with Gasteiger partial charge in [-0.2, -0.15) is 0 Å². The number of likely N-dealkylation sites (tertiary alicyclic amines) is 1. The van der Waals surface area contributed by atoms with E-state index in [0.717, 1.165) is 62.5 Å². The number of amides is 1. The largest absolute Gasteiger partial charge is 0.497 e. The lowest BCUT2D eigenvalue weighted by atomic mass is 9.55. The Morgan fingerprint density at radius 2 is 1.83 bits per heavy atom. The number of esters is 1. The molecule has 1 saturated heterocycles. The number of hydrogen-bond acceptors (Lipinski definition) is 5. The molecule has 5 rings (SSSR count). The van der Waals surface area contributed by atoms with Gasteiger partial charge in [-0.05, 0) is 80.8 Å². The van der Waals surface area contributed by atoms with Crippen molar-refractivity contribution in [1.29, 1.82) is 0 Å². The van der Waals surface area contributed by atoms with Crippen LogP contribution in [0.1, 0.15) is 61.4 Å². The van der Waals surface area contributed by atoms with Crippen LogP contribution in [-0.2, 0) is 14.9 Å². The smallest absolute Gasteiger partial charge is 0.303 e. The predicted molar refractivity (Wildman–Crippen MR) is 139 cm³/mol. The van der Waals surface area contributed by atoms with E-state index in [1.807, 2.05) is 54.4 Å². The van der Waals surface area contributed by atoms with Gasteiger partial charge in [0, 0.05) is 44.1 Å². The highest BCUT2D eigenvalue weighted by molar-refractivity contribution is 5.94. The molecule has 6 nitrogen and oxygen atoms in total. The second kappa shape index (κ2) is 9.89. The van der Waals surface area contributed by atoms with E-state index in [9.17, 15) is 9.59 Å². The number of carbonyl (C=O) groups is 2. The SMILES string of the molecule is COc1cccc([C@@]23CCN(CC4CC4)C[C@@]2(OC(C)=O)CC[C@@H](N(C)C(=O)c2ccccc2)C3)c1. The molecule has 3 fully saturated rings. The summed E-state index contributed by atoms with van der Waals surface area (Å²) in [6.07, 6.45) is 5.75. The molecular formula is C30H38N2O4. The molecule has 3 atom stereocenters. The summed E-state index contributed by atoms with van der Waals surface area (Å²) < 4.78 is 12.0. The van der Waals surface area contributed by atoms with Gasteiger partial charge in [-0.25, -0.2) is 0 Å². The summed E-state index contributed by atoms with van der Waals surface area (Å²) in [5.41, 5.74) is 0.804. The highest BCUT2D eigenvalue weighted by atomic mass is 16.6. The van der Waals surface area contributed by atoms with Crippen molar-refractivity contribution in [3.63, 3.8) is 0 Å². The van der Waals surface area contributed by atoms with Crippen LogP contribution in [0.15, 0.2) is 54.6 Å². The highest BCUT2D eigenvalue weighted by Crippen LogP contribution is 2.55. The molecule has 2 aromatic carbocycles. The average Bonchev–Trinajstić information content (AvgIpc) is 3.71. The molecule has 6 heteroatoms. The first-order valence-electron chi connectivity index (χ1n) is 13.2. The second-order valence-corrected chi connectivity index (χ2v) is 11.0. The fraction of sp³-hybridized carbons (Fsp3) is 0.533. The average molecular weight is 491 g/mol. The number of nitrogens with zero attached hydrogens (tertiary/aromatic N) is 2. The van der Waals surface area contributed by atoms with E-state index in [4.69, 9.17) is 9.47 Å². The van der Waals surface area contributed by atoms with E-state index < -0.39 is 11.0 Å². The summed E-state index contributed by atoms with van der Waals surface area (Å²) in [5, 5.41) is 0. The molecular weight excluding hydrogens is 452 g/mol. The zero-order valence-corrected chi connectivity index (χ0v) is 21.7. The monoisotopic (exact) mass is 490 g/mol. The van der Waals surface area contributed by atoms with Gasteiger partial charge in [-0.15, -0.1) is 0 Å². The Hall–Kier alpha value is -2.86. The van der Waals surface area contributed by atoms with Crippen molar-refractivity contribution < 1.29 is 19.1 Å². The molecule has 0 N–H and O–H groups in total. The molecule has 36 heavy (non-hydrogen) atoms. The van der Waals surface area contributed by atoms with Crippen molar-refractivity contribution in [1.82, 2.24) is 9.80 Å². The Kier molecular flexibility index (Phi) is 6.82. The Labute approximate surface area is 214 Å². The van der Waals surface area contributed by atoms with Gasteiger partial charge < -0.3 is 14.4 Å². The molecule has 1 aliphatic heterocycles. The molecule has 2 aromatic rings. The molecule has 0 aromatic heterocycles. The third-order valence-corrected chi connectivity index (χ3v) is 8.74. The van der Waals surface area contributed by atoms with Crippen LogP contribution in [0.25, 0.3) is 0 Å². The standard InChI is InChI=1S/C30H38N2O4/c1-22(33)36-30-15-14-26(31(2)28(34)24-8-5-4-6-9-24)19-29(30,25-10-7-11-27(18-25)35-3)16-17-32(21-30)20-23-12-13-23/h4-11,18,23,26H,12-17,19-21H2,1-3H3/t26-,29+,30+/m1/s1. The first kappa shape index (κ1) is 24.8. The lowest BCUT2D eigenvalue weighted by Gasteiger charge is -2.60. The maximum atomic E-state index is 13.4. The van der Waals surface area contributed by atoms with Crippen molar-refractivity contribution in [3.8, 4) is 5.75 Å². The van der Waals surface area contributed by atoms with E-state index >= 15 is 0 Å². The van der Waals surface area contributed by atoms with Gasteiger partial charge in [-0.3, -0.25) is 14.5 Å². The summed E-state index contributed by atoms with van der Waals surface area (Å²) in [6, 6.07) is 17.8. The van der Waals surface area contributed by atoms with Crippen LogP contribution in [0.3, 0.4) is 0 Å². The number of hydrogen-bond donors (Lipinski definition) is 0. The zero-order valence-electron chi connectivity index (χ0n) is 21.7. The maximum absolute atomic E-state index is 13.4. The first-order chi connectivity index (χ1) is 17.4. The van der Waals surface area contributed by atoms with Crippen LogP contribution in [0, 0.1) is 5.92 Å². The van der Waals surface area contributed by atoms with Gasteiger partial charge in [0.2, 0.25) is 0 Å².